The molecule has 0 saturated carbocycles. The summed E-state index contributed by atoms with van der Waals surface area (Å²) in [6.45, 7) is 3.43. The molecule has 1 atom stereocenters. The van der Waals surface area contributed by atoms with Gasteiger partial charge in [-0.15, -0.1) is 6.58 Å². The first-order chi connectivity index (χ1) is 6.60. The van der Waals surface area contributed by atoms with Gasteiger partial charge in [0.25, 0.3) is 0 Å². The molecule has 1 aromatic carbocycles. The number of nitrogens with two attached hydrogens (primary N) is 1. The van der Waals surface area contributed by atoms with Crippen LogP contribution in [-0.4, -0.2) is 7.11 Å². The van der Waals surface area contributed by atoms with Gasteiger partial charge in [-0.1, -0.05) is 6.08 Å². The van der Waals surface area contributed by atoms with Crippen molar-refractivity contribution in [3.63, 3.8) is 0 Å². The van der Waals surface area contributed by atoms with Gasteiger partial charge in [0.2, 0.25) is 0 Å². The Bertz CT molecular complexity index is 352. The van der Waals surface area contributed by atoms with Crippen LogP contribution in [0.2, 0.25) is 0 Å². The molecule has 2 N–H and O–H groups in total. The smallest absolute Gasteiger partial charge is 0.134 e. The number of benzene rings is 1. The molecule has 4 heteroatoms. The standard InChI is InChI=1S/C10H11F2NO/c1-3-8(13)10-7(12)4-6(11)5-9(10)14-2/h3-5,8H,1,13H2,2H3/t8-/m1/s1. The van der Waals surface area contributed by atoms with Crippen LogP contribution in [0, 0.1) is 11.6 Å². The summed E-state index contributed by atoms with van der Waals surface area (Å²) in [6, 6.07) is 1.15. The number of methoxy groups -OCH3 is 1. The first-order valence-electron chi connectivity index (χ1n) is 4.01. The summed E-state index contributed by atoms with van der Waals surface area (Å²) in [5.41, 5.74) is 5.68. The molecule has 76 valence electrons. The van der Waals surface area contributed by atoms with Crippen molar-refractivity contribution in [1.82, 2.24) is 0 Å². The van der Waals surface area contributed by atoms with Crippen LogP contribution in [0.25, 0.3) is 0 Å². The molecule has 0 radical (unpaired) electrons. The molecule has 0 fully saturated rings. The molecule has 0 aromatic heterocycles. The molecule has 0 bridgehead atoms. The zero-order valence-electron chi connectivity index (χ0n) is 7.76. The second kappa shape index (κ2) is 4.19. The van der Waals surface area contributed by atoms with Gasteiger partial charge in [-0.05, 0) is 0 Å². The lowest BCUT2D eigenvalue weighted by Gasteiger charge is -2.13. The van der Waals surface area contributed by atoms with Gasteiger partial charge in [0, 0.05) is 12.1 Å². The van der Waals surface area contributed by atoms with E-state index in [0.717, 1.165) is 12.1 Å². The van der Waals surface area contributed by atoms with Crippen LogP contribution in [0.5, 0.6) is 5.75 Å². The van der Waals surface area contributed by atoms with Crippen LogP contribution in [-0.2, 0) is 0 Å². The third-order valence-electron chi connectivity index (χ3n) is 1.86. The van der Waals surface area contributed by atoms with E-state index in [9.17, 15) is 8.78 Å². The summed E-state index contributed by atoms with van der Waals surface area (Å²) in [4.78, 5) is 0. The van der Waals surface area contributed by atoms with E-state index in [1.54, 1.807) is 0 Å². The van der Waals surface area contributed by atoms with Crippen molar-refractivity contribution in [3.8, 4) is 5.75 Å². The van der Waals surface area contributed by atoms with Crippen molar-refractivity contribution in [2.24, 2.45) is 5.73 Å². The van der Waals surface area contributed by atoms with Crippen molar-refractivity contribution in [2.45, 2.75) is 6.04 Å². The highest BCUT2D eigenvalue weighted by Gasteiger charge is 2.16. The molecule has 0 aliphatic heterocycles. The van der Waals surface area contributed by atoms with E-state index >= 15 is 0 Å². The number of halogens is 2. The Labute approximate surface area is 81.0 Å². The second-order valence-electron chi connectivity index (χ2n) is 2.77. The van der Waals surface area contributed by atoms with Gasteiger partial charge in [0.1, 0.15) is 17.4 Å². The molecular weight excluding hydrogens is 188 g/mol. The Morgan fingerprint density at radius 2 is 2.14 bits per heavy atom. The van der Waals surface area contributed by atoms with Crippen molar-refractivity contribution >= 4 is 0 Å². The average Bonchev–Trinajstić information content (AvgIpc) is 2.15. The van der Waals surface area contributed by atoms with E-state index in [-0.39, 0.29) is 11.3 Å². The molecular formula is C10H11F2NO. The van der Waals surface area contributed by atoms with Gasteiger partial charge in [0.15, 0.2) is 0 Å². The summed E-state index contributed by atoms with van der Waals surface area (Å²) in [7, 11) is 1.33. The third-order valence-corrected chi connectivity index (χ3v) is 1.86. The van der Waals surface area contributed by atoms with E-state index in [0.29, 0.717) is 0 Å². The Balaban J connectivity index is 3.31. The maximum Gasteiger partial charge on any atom is 0.134 e. The fraction of sp³-hybridized carbons (Fsp3) is 0.200. The van der Waals surface area contributed by atoms with Crippen LogP contribution in [0.15, 0.2) is 24.8 Å². The van der Waals surface area contributed by atoms with Crippen LogP contribution in [0.3, 0.4) is 0 Å². The van der Waals surface area contributed by atoms with E-state index in [1.807, 2.05) is 0 Å². The zero-order valence-corrected chi connectivity index (χ0v) is 7.76. The molecule has 0 spiro atoms. The molecule has 0 heterocycles. The van der Waals surface area contributed by atoms with Gasteiger partial charge >= 0.3 is 0 Å². The molecule has 0 saturated heterocycles. The zero-order chi connectivity index (χ0) is 10.7. The molecule has 0 unspecified atom stereocenters. The highest BCUT2D eigenvalue weighted by Crippen LogP contribution is 2.28. The summed E-state index contributed by atoms with van der Waals surface area (Å²) in [5.74, 6) is -1.33. The van der Waals surface area contributed by atoms with Crippen molar-refractivity contribution < 1.29 is 13.5 Å². The molecule has 14 heavy (non-hydrogen) atoms. The number of hydrogen-bond donors (Lipinski definition) is 1. The largest absolute Gasteiger partial charge is 0.496 e. The molecule has 0 aliphatic carbocycles. The van der Waals surface area contributed by atoms with Crippen LogP contribution < -0.4 is 10.5 Å². The van der Waals surface area contributed by atoms with Gasteiger partial charge in [0.05, 0.1) is 18.7 Å². The Morgan fingerprint density at radius 3 is 2.64 bits per heavy atom. The minimum atomic E-state index is -0.728. The quantitative estimate of drug-likeness (QED) is 0.757. The monoisotopic (exact) mass is 199 g/mol. The van der Waals surface area contributed by atoms with E-state index < -0.39 is 17.7 Å². The molecule has 2 nitrogen and oxygen atoms in total. The molecule has 0 aliphatic rings. The minimum Gasteiger partial charge on any atom is -0.496 e. The fourth-order valence-corrected chi connectivity index (χ4v) is 1.17. The van der Waals surface area contributed by atoms with Crippen LogP contribution in [0.4, 0.5) is 8.78 Å². The topological polar surface area (TPSA) is 35.2 Å². The Morgan fingerprint density at radius 1 is 1.50 bits per heavy atom. The predicted molar refractivity (Wildman–Crippen MR) is 50.0 cm³/mol. The third kappa shape index (κ3) is 1.90. The van der Waals surface area contributed by atoms with Gasteiger partial charge < -0.3 is 10.5 Å². The maximum absolute atomic E-state index is 13.3. The first kappa shape index (κ1) is 10.7. The maximum atomic E-state index is 13.3. The van der Waals surface area contributed by atoms with E-state index in [4.69, 9.17) is 10.5 Å². The fourth-order valence-electron chi connectivity index (χ4n) is 1.17. The van der Waals surface area contributed by atoms with Crippen LogP contribution in [0.1, 0.15) is 11.6 Å². The number of rotatable bonds is 3. The molecule has 0 amide bonds. The minimum absolute atomic E-state index is 0.0925. The predicted octanol–water partition coefficient (Wildman–Crippen LogP) is 2.16. The lowest BCUT2D eigenvalue weighted by Crippen LogP contribution is -2.11. The lowest BCUT2D eigenvalue weighted by atomic mass is 10.1. The van der Waals surface area contributed by atoms with E-state index in [1.165, 1.54) is 13.2 Å². The van der Waals surface area contributed by atoms with Crippen molar-refractivity contribution in [1.29, 1.82) is 0 Å². The summed E-state index contributed by atoms with van der Waals surface area (Å²) in [6.07, 6.45) is 1.36. The van der Waals surface area contributed by atoms with Gasteiger partial charge in [-0.2, -0.15) is 0 Å². The average molecular weight is 199 g/mol. The first-order valence-corrected chi connectivity index (χ1v) is 4.01. The van der Waals surface area contributed by atoms with Gasteiger partial charge in [-0.3, -0.25) is 0 Å². The molecule has 1 rings (SSSR count). The van der Waals surface area contributed by atoms with Gasteiger partial charge in [-0.25, -0.2) is 8.78 Å². The Kier molecular flexibility index (Phi) is 3.19. The highest BCUT2D eigenvalue weighted by atomic mass is 19.1. The number of hydrogen-bond acceptors (Lipinski definition) is 2. The lowest BCUT2D eigenvalue weighted by molar-refractivity contribution is 0.397. The molecule has 1 aromatic rings. The SMILES string of the molecule is C=C[C@@H](N)c1c(F)cc(F)cc1OC. The second-order valence-corrected chi connectivity index (χ2v) is 2.77. The Hall–Kier alpha value is -1.42. The normalized spacial score (nSPS) is 12.3. The van der Waals surface area contributed by atoms with Crippen LogP contribution >= 0.6 is 0 Å². The number of ether oxygens (including phenoxy) is 1. The van der Waals surface area contributed by atoms with Crippen molar-refractivity contribution in [2.75, 3.05) is 7.11 Å². The summed E-state index contributed by atoms with van der Waals surface area (Å²) >= 11 is 0. The summed E-state index contributed by atoms with van der Waals surface area (Å²) in [5, 5.41) is 0. The highest BCUT2D eigenvalue weighted by molar-refractivity contribution is 5.39. The van der Waals surface area contributed by atoms with E-state index in [2.05, 4.69) is 6.58 Å². The van der Waals surface area contributed by atoms with Crippen molar-refractivity contribution in [3.05, 3.63) is 42.0 Å². The summed E-state index contributed by atoms with van der Waals surface area (Å²) < 4.78 is 30.9.